The van der Waals surface area contributed by atoms with Crippen LogP contribution in [0, 0.1) is 0 Å². The van der Waals surface area contributed by atoms with Gasteiger partial charge in [-0.05, 0) is 35.4 Å². The summed E-state index contributed by atoms with van der Waals surface area (Å²) in [5.74, 6) is -0.843. The van der Waals surface area contributed by atoms with E-state index in [0.29, 0.717) is 5.69 Å². The molecular weight excluding hydrogens is 355 g/mol. The van der Waals surface area contributed by atoms with Crippen LogP contribution in [0.5, 0.6) is 0 Å². The number of halogens is 4. The summed E-state index contributed by atoms with van der Waals surface area (Å²) in [6.07, 6.45) is -3.06. The van der Waals surface area contributed by atoms with E-state index in [0.717, 1.165) is 24.0 Å². The normalized spacial score (nSPS) is 16.0. The molecule has 2 aromatic rings. The molecule has 3 rings (SSSR count). The number of carbonyl (C=O) groups excluding carboxylic acids is 1. The number of alkyl halides is 3. The van der Waals surface area contributed by atoms with Gasteiger partial charge in [-0.2, -0.15) is 18.3 Å². The predicted molar refractivity (Wildman–Crippen MR) is 89.1 cm³/mol. The van der Waals surface area contributed by atoms with Gasteiger partial charge in [0.2, 0.25) is 0 Å². The highest BCUT2D eigenvalue weighted by Gasteiger charge is 2.41. The first-order valence-corrected chi connectivity index (χ1v) is 8.13. The lowest BCUT2D eigenvalue weighted by atomic mass is 9.86. The van der Waals surface area contributed by atoms with E-state index in [4.69, 9.17) is 11.6 Å². The maximum Gasteiger partial charge on any atom is 0.433 e. The van der Waals surface area contributed by atoms with Crippen molar-refractivity contribution in [1.82, 2.24) is 10.2 Å². The molecule has 4 nitrogen and oxygen atoms in total. The number of carbonyl (C=O) groups is 1. The quantitative estimate of drug-likeness (QED) is 0.839. The maximum absolute atomic E-state index is 13.1. The first kappa shape index (κ1) is 17.8. The lowest BCUT2D eigenvalue weighted by Gasteiger charge is -2.23. The van der Waals surface area contributed by atoms with E-state index in [2.05, 4.69) is 18.9 Å². The van der Waals surface area contributed by atoms with Crippen LogP contribution in [0.2, 0.25) is 5.15 Å². The summed E-state index contributed by atoms with van der Waals surface area (Å²) in [4.78, 5) is 14.0. The van der Waals surface area contributed by atoms with Crippen LogP contribution in [-0.4, -0.2) is 23.2 Å². The fraction of sp³-hybridized carbons (Fsp3) is 0.412. The van der Waals surface area contributed by atoms with Gasteiger partial charge in [-0.1, -0.05) is 37.6 Å². The number of hydrogen-bond donors (Lipinski definition) is 1. The molecule has 0 unspecified atom stereocenters. The van der Waals surface area contributed by atoms with Gasteiger partial charge in [0, 0.05) is 12.7 Å². The topological polar surface area (TPSA) is 49.0 Å². The number of anilines is 1. The molecule has 0 saturated carbocycles. The molecule has 0 fully saturated rings. The maximum atomic E-state index is 13.1. The second-order valence-electron chi connectivity index (χ2n) is 6.81. The summed E-state index contributed by atoms with van der Waals surface area (Å²) < 4.78 is 39.3. The van der Waals surface area contributed by atoms with Crippen molar-refractivity contribution in [2.45, 2.75) is 38.3 Å². The molecule has 1 heterocycles. The number of fused-ring (bicyclic) bond motifs is 1. The third-order valence-corrected chi connectivity index (χ3v) is 5.04. The average molecular weight is 372 g/mol. The Morgan fingerprint density at radius 2 is 2.04 bits per heavy atom. The number of nitrogens with zero attached hydrogens (tertiary/aromatic N) is 2. The Kier molecular flexibility index (Phi) is 4.10. The van der Waals surface area contributed by atoms with Crippen LogP contribution < -0.4 is 4.90 Å². The molecule has 1 aromatic carbocycles. The van der Waals surface area contributed by atoms with Crippen molar-refractivity contribution in [3.05, 3.63) is 45.7 Å². The monoisotopic (exact) mass is 371 g/mol. The molecule has 8 heteroatoms. The van der Waals surface area contributed by atoms with Crippen molar-refractivity contribution in [1.29, 1.82) is 0 Å². The molecule has 1 aliphatic carbocycles. The largest absolute Gasteiger partial charge is 0.433 e. The molecule has 0 bridgehead atoms. The summed E-state index contributed by atoms with van der Waals surface area (Å²) in [7, 11) is 1.45. The van der Waals surface area contributed by atoms with Crippen LogP contribution in [0.15, 0.2) is 18.2 Å². The Labute approximate surface area is 148 Å². The summed E-state index contributed by atoms with van der Waals surface area (Å²) in [5.41, 5.74) is 0.766. The van der Waals surface area contributed by atoms with Crippen molar-refractivity contribution in [2.24, 2.45) is 0 Å². The van der Waals surface area contributed by atoms with Crippen LogP contribution in [-0.2, 0) is 18.0 Å². The Morgan fingerprint density at radius 3 is 2.68 bits per heavy atom. The van der Waals surface area contributed by atoms with E-state index in [9.17, 15) is 18.0 Å². The van der Waals surface area contributed by atoms with Gasteiger partial charge in [0.15, 0.2) is 10.8 Å². The van der Waals surface area contributed by atoms with E-state index >= 15 is 0 Å². The van der Waals surface area contributed by atoms with Gasteiger partial charge in [0.1, 0.15) is 5.56 Å². The number of aromatic nitrogens is 2. The summed E-state index contributed by atoms with van der Waals surface area (Å²) in [6.45, 7) is 4.22. The zero-order valence-corrected chi connectivity index (χ0v) is 14.7. The van der Waals surface area contributed by atoms with Crippen molar-refractivity contribution < 1.29 is 18.0 Å². The number of amides is 1. The van der Waals surface area contributed by atoms with Crippen LogP contribution in [0.4, 0.5) is 18.9 Å². The number of hydrogen-bond acceptors (Lipinski definition) is 2. The highest BCUT2D eigenvalue weighted by Crippen LogP contribution is 2.43. The zero-order valence-electron chi connectivity index (χ0n) is 14.0. The summed E-state index contributed by atoms with van der Waals surface area (Å²) in [6, 6.07) is 5.54. The third kappa shape index (κ3) is 2.90. The molecule has 25 heavy (non-hydrogen) atoms. The lowest BCUT2D eigenvalue weighted by molar-refractivity contribution is -0.141. The summed E-state index contributed by atoms with van der Waals surface area (Å²) in [5, 5.41) is 4.67. The van der Waals surface area contributed by atoms with Crippen LogP contribution >= 0.6 is 11.6 Å². The molecule has 1 amide bonds. The Morgan fingerprint density at radius 1 is 1.36 bits per heavy atom. The standard InChI is InChI=1S/C17H17ClF3N3O/c1-16(2)8-7-9-10(16)5-4-6-11(9)24(3)15(25)12-13(17(19,20)21)22-23-14(12)18/h4-6H,7-8H2,1-3H3,(H,22,23). The highest BCUT2D eigenvalue weighted by molar-refractivity contribution is 6.33. The molecule has 134 valence electrons. The average Bonchev–Trinajstić information content (AvgIpc) is 3.06. The van der Waals surface area contributed by atoms with Crippen LogP contribution in [0.25, 0.3) is 0 Å². The SMILES string of the molecule is CN(C(=O)c1c(Cl)n[nH]c1C(F)(F)F)c1cccc2c1CCC2(C)C. The molecule has 0 radical (unpaired) electrons. The van der Waals surface area contributed by atoms with Crippen LogP contribution in [0.3, 0.4) is 0 Å². The lowest BCUT2D eigenvalue weighted by Crippen LogP contribution is -2.29. The van der Waals surface area contributed by atoms with Crippen molar-refractivity contribution in [3.8, 4) is 0 Å². The molecule has 0 atom stereocenters. The van der Waals surface area contributed by atoms with Gasteiger partial charge in [0.05, 0.1) is 0 Å². The predicted octanol–water partition coefficient (Wildman–Crippen LogP) is 4.58. The minimum absolute atomic E-state index is 0.0281. The Bertz CT molecular complexity index is 842. The van der Waals surface area contributed by atoms with Crippen molar-refractivity contribution >= 4 is 23.2 Å². The van der Waals surface area contributed by atoms with E-state index in [1.165, 1.54) is 11.9 Å². The van der Waals surface area contributed by atoms with E-state index in [-0.39, 0.29) is 5.41 Å². The number of H-pyrrole nitrogens is 1. The van der Waals surface area contributed by atoms with Gasteiger partial charge >= 0.3 is 6.18 Å². The Hall–Kier alpha value is -2.02. The number of aromatic amines is 1. The fourth-order valence-electron chi connectivity index (χ4n) is 3.36. The van der Waals surface area contributed by atoms with E-state index < -0.39 is 28.5 Å². The van der Waals surface area contributed by atoms with Gasteiger partial charge < -0.3 is 4.90 Å². The third-order valence-electron chi connectivity index (χ3n) is 4.77. The molecule has 0 aliphatic heterocycles. The zero-order chi connectivity index (χ0) is 18.6. The highest BCUT2D eigenvalue weighted by atomic mass is 35.5. The fourth-order valence-corrected chi connectivity index (χ4v) is 3.57. The minimum Gasteiger partial charge on any atom is -0.311 e. The number of rotatable bonds is 2. The van der Waals surface area contributed by atoms with Gasteiger partial charge in [-0.3, -0.25) is 9.89 Å². The number of nitrogens with one attached hydrogen (secondary N) is 1. The second-order valence-corrected chi connectivity index (χ2v) is 7.17. The molecule has 0 spiro atoms. The molecule has 1 aliphatic rings. The minimum atomic E-state index is -4.74. The summed E-state index contributed by atoms with van der Waals surface area (Å²) >= 11 is 5.75. The Balaban J connectivity index is 2.05. The van der Waals surface area contributed by atoms with E-state index in [1.54, 1.807) is 6.07 Å². The van der Waals surface area contributed by atoms with Crippen molar-refractivity contribution in [3.63, 3.8) is 0 Å². The van der Waals surface area contributed by atoms with Gasteiger partial charge in [0.25, 0.3) is 5.91 Å². The van der Waals surface area contributed by atoms with Gasteiger partial charge in [-0.25, -0.2) is 0 Å². The molecule has 0 saturated heterocycles. The molecule has 1 N–H and O–H groups in total. The first-order chi connectivity index (χ1) is 11.5. The second kappa shape index (κ2) is 5.76. The molecule has 1 aromatic heterocycles. The first-order valence-electron chi connectivity index (χ1n) is 7.75. The number of benzene rings is 1. The smallest absolute Gasteiger partial charge is 0.311 e. The van der Waals surface area contributed by atoms with Gasteiger partial charge in [-0.15, -0.1) is 0 Å². The molecular formula is C17H17ClF3N3O. The van der Waals surface area contributed by atoms with E-state index in [1.807, 2.05) is 17.2 Å². The van der Waals surface area contributed by atoms with Crippen LogP contribution in [0.1, 0.15) is 47.4 Å². The van der Waals surface area contributed by atoms with Crippen molar-refractivity contribution in [2.75, 3.05) is 11.9 Å².